The Balaban J connectivity index is 3.56. The predicted molar refractivity (Wildman–Crippen MR) is 47.5 cm³/mol. The summed E-state index contributed by atoms with van der Waals surface area (Å²) in [5.41, 5.74) is 0. The minimum Gasteiger partial charge on any atom is -0.320 e. The van der Waals surface area contributed by atoms with Crippen molar-refractivity contribution in [1.82, 2.24) is 5.32 Å². The summed E-state index contributed by atoms with van der Waals surface area (Å²) in [7, 11) is -0.918. The molecule has 0 saturated heterocycles. The Bertz CT molecular complexity index is 175. The zero-order chi connectivity index (χ0) is 8.74. The van der Waals surface area contributed by atoms with E-state index in [1.165, 1.54) is 0 Å². The maximum atomic E-state index is 11.1. The highest BCUT2D eigenvalue weighted by Gasteiger charge is 2.07. The Labute approximate surface area is 69.1 Å². The van der Waals surface area contributed by atoms with E-state index in [1.807, 2.05) is 14.0 Å². The van der Waals surface area contributed by atoms with Gasteiger partial charge in [-0.05, 0) is 26.4 Å². The number of nitrogens with one attached hydrogen (secondary N) is 1. The van der Waals surface area contributed by atoms with Crippen LogP contribution in [0, 0.1) is 0 Å². The summed E-state index contributed by atoms with van der Waals surface area (Å²) < 4.78 is 22.2. The second-order valence-electron chi connectivity index (χ2n) is 2.61. The molecule has 0 saturated carbocycles. The monoisotopic (exact) mass is 179 g/mol. The van der Waals surface area contributed by atoms with Crippen LogP contribution >= 0.6 is 0 Å². The van der Waals surface area contributed by atoms with Crippen molar-refractivity contribution in [3.8, 4) is 0 Å². The first-order valence-electron chi connectivity index (χ1n) is 3.97. The van der Waals surface area contributed by atoms with Gasteiger partial charge in [-0.3, -0.25) is 0 Å². The fourth-order valence-corrected chi connectivity index (χ4v) is 2.29. The van der Waals surface area contributed by atoms with E-state index in [-0.39, 0.29) is 0 Å². The lowest BCUT2D eigenvalue weighted by atomic mass is 10.5. The topological polar surface area (TPSA) is 46.2 Å². The van der Waals surface area contributed by atoms with Gasteiger partial charge >= 0.3 is 0 Å². The molecule has 0 unspecified atom stereocenters. The molecule has 4 heteroatoms. The van der Waals surface area contributed by atoms with Gasteiger partial charge in [0, 0.05) is 5.75 Å². The van der Waals surface area contributed by atoms with Crippen molar-refractivity contribution in [2.75, 3.05) is 25.1 Å². The second-order valence-corrected chi connectivity index (χ2v) is 4.91. The smallest absolute Gasteiger partial charge is 0.150 e. The summed E-state index contributed by atoms with van der Waals surface area (Å²) in [6.45, 7) is 2.67. The Hall–Kier alpha value is -0.0900. The minimum absolute atomic E-state index is 0.321. The summed E-state index contributed by atoms with van der Waals surface area (Å²) in [5, 5.41) is 2.92. The molecule has 0 amide bonds. The van der Waals surface area contributed by atoms with E-state index in [0.29, 0.717) is 11.5 Å². The molecule has 3 nitrogen and oxygen atoms in total. The van der Waals surface area contributed by atoms with Crippen LogP contribution in [-0.4, -0.2) is 33.5 Å². The van der Waals surface area contributed by atoms with Crippen LogP contribution in [0.5, 0.6) is 0 Å². The minimum atomic E-state index is -2.74. The summed E-state index contributed by atoms with van der Waals surface area (Å²) in [5.74, 6) is 0.651. The van der Waals surface area contributed by atoms with Gasteiger partial charge in [0.2, 0.25) is 0 Å². The fourth-order valence-electron chi connectivity index (χ4n) is 0.882. The van der Waals surface area contributed by atoms with Crippen molar-refractivity contribution in [1.29, 1.82) is 0 Å². The van der Waals surface area contributed by atoms with Gasteiger partial charge in [-0.25, -0.2) is 8.42 Å². The Morgan fingerprint density at radius 3 is 2.36 bits per heavy atom. The van der Waals surface area contributed by atoms with Gasteiger partial charge < -0.3 is 5.32 Å². The van der Waals surface area contributed by atoms with Crippen molar-refractivity contribution in [2.24, 2.45) is 0 Å². The number of hydrogen-bond donors (Lipinski definition) is 1. The zero-order valence-electron chi connectivity index (χ0n) is 7.26. The molecular weight excluding hydrogens is 162 g/mol. The van der Waals surface area contributed by atoms with Gasteiger partial charge in [0.25, 0.3) is 0 Å². The molecule has 0 heterocycles. The van der Waals surface area contributed by atoms with E-state index >= 15 is 0 Å². The van der Waals surface area contributed by atoms with Crippen LogP contribution in [0.25, 0.3) is 0 Å². The van der Waals surface area contributed by atoms with Crippen LogP contribution in [0.4, 0.5) is 0 Å². The lowest BCUT2D eigenvalue weighted by Crippen LogP contribution is -2.16. The van der Waals surface area contributed by atoms with Gasteiger partial charge in [-0.15, -0.1) is 0 Å². The highest BCUT2D eigenvalue weighted by atomic mass is 32.2. The van der Waals surface area contributed by atoms with Crippen molar-refractivity contribution < 1.29 is 8.42 Å². The molecule has 0 atom stereocenters. The summed E-state index contributed by atoms with van der Waals surface area (Å²) in [4.78, 5) is 0. The van der Waals surface area contributed by atoms with E-state index < -0.39 is 9.84 Å². The molecule has 0 aliphatic heterocycles. The molecule has 0 bridgehead atoms. The van der Waals surface area contributed by atoms with Crippen molar-refractivity contribution >= 4 is 9.84 Å². The number of sulfone groups is 1. The molecule has 0 aliphatic rings. The maximum Gasteiger partial charge on any atom is 0.150 e. The third kappa shape index (κ3) is 6.31. The van der Waals surface area contributed by atoms with E-state index in [1.54, 1.807) is 0 Å². The normalized spacial score (nSPS) is 11.8. The first kappa shape index (κ1) is 10.9. The Kier molecular flexibility index (Phi) is 5.50. The summed E-state index contributed by atoms with van der Waals surface area (Å²) in [6.07, 6.45) is 1.45. The maximum absolute atomic E-state index is 11.1. The predicted octanol–water partition coefficient (Wildman–Crippen LogP) is 0.421. The third-order valence-corrected chi connectivity index (χ3v) is 3.34. The first-order chi connectivity index (χ1) is 5.12. The summed E-state index contributed by atoms with van der Waals surface area (Å²) >= 11 is 0. The Morgan fingerprint density at radius 2 is 1.91 bits per heavy atom. The molecule has 0 aromatic rings. The third-order valence-electron chi connectivity index (χ3n) is 1.40. The quantitative estimate of drug-likeness (QED) is 0.601. The molecule has 11 heavy (non-hydrogen) atoms. The largest absolute Gasteiger partial charge is 0.320 e. The van der Waals surface area contributed by atoms with E-state index in [9.17, 15) is 8.42 Å². The molecule has 0 aromatic heterocycles. The van der Waals surface area contributed by atoms with Gasteiger partial charge in [-0.2, -0.15) is 0 Å². The van der Waals surface area contributed by atoms with Crippen LogP contribution < -0.4 is 5.32 Å². The molecule has 0 aromatic carbocycles. The van der Waals surface area contributed by atoms with Gasteiger partial charge in [0.1, 0.15) is 9.84 Å². The molecule has 1 N–H and O–H groups in total. The SMILES string of the molecule is CCCS(=O)(=O)CCCNC. The molecule has 0 fully saturated rings. The highest BCUT2D eigenvalue weighted by molar-refractivity contribution is 7.91. The van der Waals surface area contributed by atoms with Gasteiger partial charge in [0.05, 0.1) is 5.75 Å². The van der Waals surface area contributed by atoms with E-state index in [2.05, 4.69) is 5.32 Å². The molecule has 0 radical (unpaired) electrons. The van der Waals surface area contributed by atoms with Crippen LogP contribution in [-0.2, 0) is 9.84 Å². The lowest BCUT2D eigenvalue weighted by molar-refractivity contribution is 0.590. The molecule has 68 valence electrons. The van der Waals surface area contributed by atoms with E-state index in [0.717, 1.165) is 19.4 Å². The van der Waals surface area contributed by atoms with Crippen molar-refractivity contribution in [2.45, 2.75) is 19.8 Å². The summed E-state index contributed by atoms with van der Waals surface area (Å²) in [6, 6.07) is 0. The Morgan fingerprint density at radius 1 is 1.27 bits per heavy atom. The number of rotatable bonds is 6. The average Bonchev–Trinajstić information content (AvgIpc) is 1.87. The standard InChI is InChI=1S/C7H17NO2S/c1-3-6-11(9,10)7-4-5-8-2/h8H,3-7H2,1-2H3. The van der Waals surface area contributed by atoms with Gasteiger partial charge in [0.15, 0.2) is 0 Å². The fraction of sp³-hybridized carbons (Fsp3) is 1.00. The molecule has 0 spiro atoms. The lowest BCUT2D eigenvalue weighted by Gasteiger charge is -2.00. The zero-order valence-corrected chi connectivity index (χ0v) is 8.08. The average molecular weight is 179 g/mol. The molecular formula is C7H17NO2S. The second kappa shape index (κ2) is 5.55. The van der Waals surface area contributed by atoms with Crippen LogP contribution in [0.1, 0.15) is 19.8 Å². The van der Waals surface area contributed by atoms with Crippen LogP contribution in [0.15, 0.2) is 0 Å². The van der Waals surface area contributed by atoms with E-state index in [4.69, 9.17) is 0 Å². The van der Waals surface area contributed by atoms with Crippen molar-refractivity contribution in [3.63, 3.8) is 0 Å². The number of hydrogen-bond acceptors (Lipinski definition) is 3. The molecule has 0 aliphatic carbocycles. The van der Waals surface area contributed by atoms with Gasteiger partial charge in [-0.1, -0.05) is 6.92 Å². The highest BCUT2D eigenvalue weighted by Crippen LogP contribution is 1.95. The van der Waals surface area contributed by atoms with Crippen LogP contribution in [0.2, 0.25) is 0 Å². The van der Waals surface area contributed by atoms with Crippen molar-refractivity contribution in [3.05, 3.63) is 0 Å². The van der Waals surface area contributed by atoms with Crippen LogP contribution in [0.3, 0.4) is 0 Å². The first-order valence-corrected chi connectivity index (χ1v) is 5.79. The molecule has 0 rings (SSSR count).